The number of carbonyl (C=O) groups is 1. The summed E-state index contributed by atoms with van der Waals surface area (Å²) in [5.74, 6) is 0.422. The van der Waals surface area contributed by atoms with E-state index in [0.29, 0.717) is 36.6 Å². The molecule has 1 fully saturated rings. The molecule has 4 rings (SSSR count). The molecule has 166 valence electrons. The van der Waals surface area contributed by atoms with Gasteiger partial charge in [0.1, 0.15) is 5.52 Å². The van der Waals surface area contributed by atoms with Crippen molar-refractivity contribution in [2.24, 2.45) is 0 Å². The summed E-state index contributed by atoms with van der Waals surface area (Å²) in [6.45, 7) is 7.50. The third kappa shape index (κ3) is 4.64. The van der Waals surface area contributed by atoms with Gasteiger partial charge in [0.05, 0.1) is 0 Å². The molecule has 0 saturated carbocycles. The quantitative estimate of drug-likeness (QED) is 0.583. The monoisotopic (exact) mass is 432 g/mol. The summed E-state index contributed by atoms with van der Waals surface area (Å²) >= 11 is 0. The largest absolute Gasteiger partial charge is 0.352 e. The predicted octanol–water partition coefficient (Wildman–Crippen LogP) is 3.33. The molecule has 0 radical (unpaired) electrons. The first-order chi connectivity index (χ1) is 15.6. The normalized spacial score (nSPS) is 14.3. The van der Waals surface area contributed by atoms with E-state index in [-0.39, 0.29) is 17.6 Å². The molecule has 0 bridgehead atoms. The van der Waals surface area contributed by atoms with E-state index >= 15 is 0 Å². The summed E-state index contributed by atoms with van der Waals surface area (Å²) in [6.07, 6.45) is 5.77. The van der Waals surface area contributed by atoms with Gasteiger partial charge in [-0.15, -0.1) is 6.58 Å². The topological polar surface area (TPSA) is 92.2 Å². The maximum Gasteiger partial charge on any atom is 0.319 e. The number of fused-ring (bicyclic) bond motifs is 1. The first-order valence-corrected chi connectivity index (χ1v) is 11.0. The fourth-order valence-corrected chi connectivity index (χ4v) is 3.98. The van der Waals surface area contributed by atoms with Crippen LogP contribution in [0.3, 0.4) is 0 Å². The fourth-order valence-electron chi connectivity index (χ4n) is 3.98. The number of allylic oxidation sites excluding steroid dienone is 1. The second kappa shape index (κ2) is 9.64. The van der Waals surface area contributed by atoms with E-state index in [2.05, 4.69) is 34.1 Å². The molecule has 1 aliphatic heterocycles. The molecule has 2 amide bonds. The third-order valence-corrected chi connectivity index (χ3v) is 5.75. The Morgan fingerprint density at radius 1 is 1.22 bits per heavy atom. The second-order valence-electron chi connectivity index (χ2n) is 7.90. The molecule has 0 spiro atoms. The summed E-state index contributed by atoms with van der Waals surface area (Å²) in [4.78, 5) is 36.4. The summed E-state index contributed by atoms with van der Waals surface area (Å²) < 4.78 is 1.60. The molecule has 0 unspecified atom stereocenters. The maximum absolute atomic E-state index is 13.1. The summed E-state index contributed by atoms with van der Waals surface area (Å²) in [6, 6.07) is 11.3. The lowest BCUT2D eigenvalue weighted by atomic mass is 10.1. The van der Waals surface area contributed by atoms with Crippen LogP contribution in [-0.4, -0.2) is 39.7 Å². The number of hydrogen-bond acceptors (Lipinski definition) is 5. The van der Waals surface area contributed by atoms with Crippen LogP contribution in [0.25, 0.3) is 11.2 Å². The molecular formula is C24H28N6O2. The van der Waals surface area contributed by atoms with Crippen LogP contribution < -0.4 is 21.1 Å². The van der Waals surface area contributed by atoms with Gasteiger partial charge >= 0.3 is 6.03 Å². The standard InChI is InChI=1S/C24H28N6O2/c1-3-14-30-21-20(6-5-13-25-21)28-22(23(30)31)29-15-11-19(12-16-29)27-24(32)26-18-9-7-17(4-2)8-10-18/h3,5-10,13,19H,1,4,11-12,14-16H2,2H3,(H2,26,27,32). The van der Waals surface area contributed by atoms with Crippen molar-refractivity contribution in [3.05, 3.63) is 71.2 Å². The molecule has 8 heteroatoms. The molecule has 3 aromatic rings. The van der Waals surface area contributed by atoms with Crippen molar-refractivity contribution in [1.29, 1.82) is 0 Å². The molecule has 32 heavy (non-hydrogen) atoms. The van der Waals surface area contributed by atoms with Crippen LogP contribution in [0, 0.1) is 0 Å². The molecule has 3 heterocycles. The van der Waals surface area contributed by atoms with Crippen molar-refractivity contribution in [3.63, 3.8) is 0 Å². The van der Waals surface area contributed by atoms with Gasteiger partial charge in [-0.1, -0.05) is 25.1 Å². The van der Waals surface area contributed by atoms with E-state index in [4.69, 9.17) is 0 Å². The Labute approximate surface area is 187 Å². The highest BCUT2D eigenvalue weighted by Crippen LogP contribution is 2.18. The number of piperidine rings is 1. The Kier molecular flexibility index (Phi) is 6.49. The molecule has 2 N–H and O–H groups in total. The number of carbonyl (C=O) groups excluding carboxylic acids is 1. The molecule has 1 aliphatic rings. The summed E-state index contributed by atoms with van der Waals surface area (Å²) in [7, 11) is 0. The molecule has 8 nitrogen and oxygen atoms in total. The number of anilines is 2. The lowest BCUT2D eigenvalue weighted by molar-refractivity contribution is 0.246. The van der Waals surface area contributed by atoms with Gasteiger partial charge in [0, 0.05) is 37.6 Å². The van der Waals surface area contributed by atoms with Gasteiger partial charge in [-0.2, -0.15) is 0 Å². The van der Waals surface area contributed by atoms with E-state index in [0.717, 1.165) is 24.9 Å². The smallest absolute Gasteiger partial charge is 0.319 e. The van der Waals surface area contributed by atoms with Crippen molar-refractivity contribution >= 4 is 28.7 Å². The molecule has 0 aliphatic carbocycles. The number of amides is 2. The first-order valence-electron chi connectivity index (χ1n) is 11.0. The number of aryl methyl sites for hydroxylation is 1. The zero-order valence-corrected chi connectivity index (χ0v) is 18.3. The van der Waals surface area contributed by atoms with Crippen LogP contribution in [0.15, 0.2) is 60.0 Å². The predicted molar refractivity (Wildman–Crippen MR) is 127 cm³/mol. The third-order valence-electron chi connectivity index (χ3n) is 5.75. The Morgan fingerprint density at radius 3 is 2.66 bits per heavy atom. The average Bonchev–Trinajstić information content (AvgIpc) is 2.82. The van der Waals surface area contributed by atoms with Gasteiger partial charge in [0.2, 0.25) is 0 Å². The van der Waals surface area contributed by atoms with E-state index in [1.807, 2.05) is 41.3 Å². The number of hydrogen-bond donors (Lipinski definition) is 2. The van der Waals surface area contributed by atoms with Gasteiger partial charge < -0.3 is 15.5 Å². The van der Waals surface area contributed by atoms with E-state index in [9.17, 15) is 9.59 Å². The fraction of sp³-hybridized carbons (Fsp3) is 0.333. The van der Waals surface area contributed by atoms with Gasteiger partial charge in [0.15, 0.2) is 11.5 Å². The molecule has 2 aromatic heterocycles. The van der Waals surface area contributed by atoms with Crippen LogP contribution >= 0.6 is 0 Å². The second-order valence-corrected chi connectivity index (χ2v) is 7.90. The summed E-state index contributed by atoms with van der Waals surface area (Å²) in [5, 5.41) is 5.93. The number of nitrogens with one attached hydrogen (secondary N) is 2. The highest BCUT2D eigenvalue weighted by Gasteiger charge is 2.24. The Balaban J connectivity index is 1.40. The van der Waals surface area contributed by atoms with Gasteiger partial charge in [0.25, 0.3) is 5.56 Å². The van der Waals surface area contributed by atoms with Crippen LogP contribution in [-0.2, 0) is 13.0 Å². The summed E-state index contributed by atoms with van der Waals surface area (Å²) in [5.41, 5.74) is 3.07. The minimum Gasteiger partial charge on any atom is -0.352 e. The van der Waals surface area contributed by atoms with E-state index < -0.39 is 0 Å². The number of aromatic nitrogens is 3. The lowest BCUT2D eigenvalue weighted by Gasteiger charge is -2.33. The maximum atomic E-state index is 13.1. The molecule has 1 aromatic carbocycles. The number of rotatable bonds is 6. The lowest BCUT2D eigenvalue weighted by Crippen LogP contribution is -2.47. The number of nitrogens with zero attached hydrogens (tertiary/aromatic N) is 4. The van der Waals surface area contributed by atoms with E-state index in [1.165, 1.54) is 5.56 Å². The first kappa shape index (κ1) is 21.5. The number of benzene rings is 1. The van der Waals surface area contributed by atoms with Crippen molar-refractivity contribution in [1.82, 2.24) is 19.9 Å². The van der Waals surface area contributed by atoms with Crippen molar-refractivity contribution in [3.8, 4) is 0 Å². The Bertz CT molecular complexity index is 1160. The molecule has 1 saturated heterocycles. The molecule has 0 atom stereocenters. The van der Waals surface area contributed by atoms with Crippen molar-refractivity contribution < 1.29 is 4.79 Å². The van der Waals surface area contributed by atoms with Crippen molar-refractivity contribution in [2.75, 3.05) is 23.3 Å². The van der Waals surface area contributed by atoms with Gasteiger partial charge in [-0.25, -0.2) is 14.8 Å². The Morgan fingerprint density at radius 2 is 1.97 bits per heavy atom. The van der Waals surface area contributed by atoms with Gasteiger partial charge in [-0.05, 0) is 49.1 Å². The Hall–Kier alpha value is -3.68. The zero-order valence-electron chi connectivity index (χ0n) is 18.3. The van der Waals surface area contributed by atoms with E-state index in [1.54, 1.807) is 16.8 Å². The highest BCUT2D eigenvalue weighted by molar-refractivity contribution is 5.89. The molecular weight excluding hydrogens is 404 g/mol. The zero-order chi connectivity index (χ0) is 22.5. The minimum absolute atomic E-state index is 0.0405. The van der Waals surface area contributed by atoms with Crippen LogP contribution in [0.2, 0.25) is 0 Å². The SMILES string of the molecule is C=CCn1c(=O)c(N2CCC(NC(=O)Nc3ccc(CC)cc3)CC2)nc2cccnc21. The highest BCUT2D eigenvalue weighted by atomic mass is 16.2. The van der Waals surface area contributed by atoms with Crippen molar-refractivity contribution in [2.45, 2.75) is 38.8 Å². The van der Waals surface area contributed by atoms with Crippen LogP contribution in [0.4, 0.5) is 16.3 Å². The minimum atomic E-state index is -0.212. The van der Waals surface area contributed by atoms with Crippen LogP contribution in [0.1, 0.15) is 25.3 Å². The van der Waals surface area contributed by atoms with Gasteiger partial charge in [-0.3, -0.25) is 9.36 Å². The number of pyridine rings is 1. The van der Waals surface area contributed by atoms with Crippen LogP contribution in [0.5, 0.6) is 0 Å². The number of urea groups is 1. The average molecular weight is 433 g/mol.